The van der Waals surface area contributed by atoms with Gasteiger partial charge in [0.1, 0.15) is 0 Å². The molecule has 0 fully saturated rings. The fraction of sp³-hybridized carbons (Fsp3) is 0.143. The number of para-hydroxylation sites is 2. The molecule has 0 aliphatic rings. The van der Waals surface area contributed by atoms with Crippen LogP contribution < -0.4 is 5.30 Å². The summed E-state index contributed by atoms with van der Waals surface area (Å²) in [7, 11) is 2.84. The predicted molar refractivity (Wildman–Crippen MR) is 74.5 cm³/mol. The molecule has 1 nitrogen and oxygen atoms in total. The van der Waals surface area contributed by atoms with Gasteiger partial charge in [-0.1, -0.05) is 36.4 Å². The summed E-state index contributed by atoms with van der Waals surface area (Å²) in [5.41, 5.74) is 2.67. The average molecular weight is 227 g/mol. The van der Waals surface area contributed by atoms with Crippen molar-refractivity contribution in [2.45, 2.75) is 13.5 Å². The summed E-state index contributed by atoms with van der Waals surface area (Å²) < 4.78 is 2.38. The van der Waals surface area contributed by atoms with E-state index in [1.807, 2.05) is 0 Å². The molecule has 0 amide bonds. The molecule has 0 aliphatic carbocycles. The second-order valence-electron chi connectivity index (χ2n) is 4.00. The maximum absolute atomic E-state index is 2.84. The summed E-state index contributed by atoms with van der Waals surface area (Å²) in [6.07, 6.45) is 0. The Morgan fingerprint density at radius 1 is 1.00 bits per heavy atom. The highest BCUT2D eigenvalue weighted by Gasteiger charge is 2.09. The topological polar surface area (TPSA) is 4.93 Å². The molecule has 0 saturated heterocycles. The Labute approximate surface area is 97.3 Å². The Hall–Kier alpha value is -1.33. The number of aromatic nitrogens is 1. The van der Waals surface area contributed by atoms with Gasteiger partial charge in [-0.25, -0.2) is 0 Å². The zero-order valence-electron chi connectivity index (χ0n) is 9.27. The molecule has 0 N–H and O–H groups in total. The third-order valence-corrected chi connectivity index (χ3v) is 3.60. The first-order valence-electron chi connectivity index (χ1n) is 5.58. The van der Waals surface area contributed by atoms with Gasteiger partial charge in [0.15, 0.2) is 0 Å². The molecule has 3 rings (SSSR count). The summed E-state index contributed by atoms with van der Waals surface area (Å²) in [6.45, 7) is 3.21. The van der Waals surface area contributed by atoms with E-state index in [2.05, 4.69) is 63.2 Å². The second kappa shape index (κ2) is 3.61. The van der Waals surface area contributed by atoms with E-state index < -0.39 is 0 Å². The Morgan fingerprint density at radius 3 is 2.56 bits per heavy atom. The van der Waals surface area contributed by atoms with Gasteiger partial charge in [0.25, 0.3) is 0 Å². The molecule has 16 heavy (non-hydrogen) atoms. The van der Waals surface area contributed by atoms with E-state index in [0.717, 1.165) is 6.54 Å². The van der Waals surface area contributed by atoms with E-state index in [1.54, 1.807) is 0 Å². The Balaban J connectivity index is 2.64. The first-order valence-corrected chi connectivity index (χ1v) is 6.16. The van der Waals surface area contributed by atoms with E-state index in [4.69, 9.17) is 0 Å². The van der Waals surface area contributed by atoms with E-state index in [0.29, 0.717) is 0 Å². The molecular weight excluding hydrogens is 213 g/mol. The zero-order valence-corrected chi connectivity index (χ0v) is 10.4. The van der Waals surface area contributed by atoms with Crippen molar-refractivity contribution in [2.75, 3.05) is 0 Å². The standard InChI is InChI=1S/C14H14NP/c1-2-15-12-8-4-3-6-10(12)11-7-5-9-13(16)14(11)15/h3-9H,2,16H2,1H3. The highest BCUT2D eigenvalue weighted by atomic mass is 31.0. The fourth-order valence-electron chi connectivity index (χ4n) is 2.47. The minimum absolute atomic E-state index is 1.01. The molecular formula is C14H14NP. The summed E-state index contributed by atoms with van der Waals surface area (Å²) in [5.74, 6) is 0. The lowest BCUT2D eigenvalue weighted by Crippen LogP contribution is -2.01. The lowest BCUT2D eigenvalue weighted by atomic mass is 10.1. The van der Waals surface area contributed by atoms with Crippen molar-refractivity contribution in [1.29, 1.82) is 0 Å². The van der Waals surface area contributed by atoms with Crippen LogP contribution >= 0.6 is 9.24 Å². The molecule has 1 heterocycles. The first-order chi connectivity index (χ1) is 7.83. The van der Waals surface area contributed by atoms with Gasteiger partial charge in [-0.05, 0) is 18.3 Å². The molecule has 0 saturated carbocycles. The van der Waals surface area contributed by atoms with Crippen LogP contribution in [0.5, 0.6) is 0 Å². The van der Waals surface area contributed by atoms with Crippen molar-refractivity contribution in [3.63, 3.8) is 0 Å². The molecule has 1 unspecified atom stereocenters. The normalized spacial score (nSPS) is 11.4. The van der Waals surface area contributed by atoms with Crippen molar-refractivity contribution < 1.29 is 0 Å². The van der Waals surface area contributed by atoms with Crippen LogP contribution in [-0.4, -0.2) is 4.57 Å². The zero-order chi connectivity index (χ0) is 11.1. The van der Waals surface area contributed by atoms with Crippen LogP contribution in [0.15, 0.2) is 42.5 Å². The van der Waals surface area contributed by atoms with Crippen molar-refractivity contribution in [3.8, 4) is 0 Å². The van der Waals surface area contributed by atoms with Crippen molar-refractivity contribution in [3.05, 3.63) is 42.5 Å². The maximum atomic E-state index is 2.84. The van der Waals surface area contributed by atoms with Crippen LogP contribution in [0.2, 0.25) is 0 Å². The molecule has 2 aromatic carbocycles. The summed E-state index contributed by atoms with van der Waals surface area (Å²) >= 11 is 0. The number of benzene rings is 2. The third-order valence-electron chi connectivity index (χ3n) is 3.14. The van der Waals surface area contributed by atoms with Gasteiger partial charge in [-0.15, -0.1) is 9.24 Å². The van der Waals surface area contributed by atoms with E-state index in [-0.39, 0.29) is 0 Å². The third kappa shape index (κ3) is 1.22. The minimum atomic E-state index is 1.01. The molecule has 0 spiro atoms. The molecule has 3 aromatic rings. The second-order valence-corrected chi connectivity index (χ2v) is 4.63. The largest absolute Gasteiger partial charge is 0.340 e. The minimum Gasteiger partial charge on any atom is -0.340 e. The van der Waals surface area contributed by atoms with Crippen LogP contribution in [0.3, 0.4) is 0 Å². The first kappa shape index (κ1) is 9.86. The number of hydrogen-bond donors (Lipinski definition) is 0. The number of hydrogen-bond acceptors (Lipinski definition) is 0. The van der Waals surface area contributed by atoms with Crippen molar-refractivity contribution >= 4 is 36.4 Å². The molecule has 0 bridgehead atoms. The number of rotatable bonds is 1. The lowest BCUT2D eigenvalue weighted by Gasteiger charge is -2.04. The van der Waals surface area contributed by atoms with Crippen molar-refractivity contribution in [2.24, 2.45) is 0 Å². The molecule has 2 heteroatoms. The van der Waals surface area contributed by atoms with Crippen LogP contribution in [0.25, 0.3) is 21.8 Å². The van der Waals surface area contributed by atoms with Gasteiger partial charge in [0.2, 0.25) is 0 Å². The van der Waals surface area contributed by atoms with Gasteiger partial charge in [-0.3, -0.25) is 0 Å². The average Bonchev–Trinajstić information content (AvgIpc) is 2.65. The number of fused-ring (bicyclic) bond motifs is 3. The smallest absolute Gasteiger partial charge is 0.0563 e. The summed E-state index contributed by atoms with van der Waals surface area (Å²) in [4.78, 5) is 0. The number of aryl methyl sites for hydroxylation is 1. The molecule has 0 radical (unpaired) electrons. The summed E-state index contributed by atoms with van der Waals surface area (Å²) in [5, 5.41) is 3.98. The van der Waals surface area contributed by atoms with E-state index in [9.17, 15) is 0 Å². The molecule has 0 aliphatic heterocycles. The highest BCUT2D eigenvalue weighted by Crippen LogP contribution is 2.28. The maximum Gasteiger partial charge on any atom is 0.0563 e. The summed E-state index contributed by atoms with van der Waals surface area (Å²) in [6, 6.07) is 15.1. The number of nitrogens with zero attached hydrogens (tertiary/aromatic N) is 1. The van der Waals surface area contributed by atoms with Crippen LogP contribution in [-0.2, 0) is 6.54 Å². The molecule has 80 valence electrons. The van der Waals surface area contributed by atoms with Gasteiger partial charge >= 0.3 is 0 Å². The van der Waals surface area contributed by atoms with Gasteiger partial charge in [0, 0.05) is 22.8 Å². The van der Waals surface area contributed by atoms with Crippen LogP contribution in [0, 0.1) is 0 Å². The predicted octanol–water partition coefficient (Wildman–Crippen LogP) is 3.31. The molecule has 1 aromatic heterocycles. The van der Waals surface area contributed by atoms with Crippen LogP contribution in [0.1, 0.15) is 6.92 Å². The van der Waals surface area contributed by atoms with E-state index in [1.165, 1.54) is 27.1 Å². The Kier molecular flexibility index (Phi) is 2.22. The fourth-order valence-corrected chi connectivity index (χ4v) is 2.89. The van der Waals surface area contributed by atoms with E-state index >= 15 is 0 Å². The van der Waals surface area contributed by atoms with Gasteiger partial charge < -0.3 is 4.57 Å². The monoisotopic (exact) mass is 227 g/mol. The van der Waals surface area contributed by atoms with Crippen molar-refractivity contribution in [1.82, 2.24) is 4.57 Å². The van der Waals surface area contributed by atoms with Gasteiger partial charge in [-0.2, -0.15) is 0 Å². The van der Waals surface area contributed by atoms with Gasteiger partial charge in [0.05, 0.1) is 5.52 Å². The van der Waals surface area contributed by atoms with Crippen LogP contribution in [0.4, 0.5) is 0 Å². The quantitative estimate of drug-likeness (QED) is 0.562. The Morgan fingerprint density at radius 2 is 1.75 bits per heavy atom. The SMILES string of the molecule is CCn1c2ccccc2c2cccc(P)c21. The lowest BCUT2D eigenvalue weighted by molar-refractivity contribution is 0.829. The highest BCUT2D eigenvalue weighted by molar-refractivity contribution is 7.28. The Bertz CT molecular complexity index is 667. The molecule has 1 atom stereocenters.